The maximum atomic E-state index is 13.4. The summed E-state index contributed by atoms with van der Waals surface area (Å²) in [4.78, 5) is 41.2. The van der Waals surface area contributed by atoms with Crippen molar-refractivity contribution < 1.29 is 19.1 Å². The summed E-state index contributed by atoms with van der Waals surface area (Å²) >= 11 is 2.82. The predicted octanol–water partition coefficient (Wildman–Crippen LogP) is 7.41. The van der Waals surface area contributed by atoms with Gasteiger partial charge in [0.15, 0.2) is 0 Å². The largest absolute Gasteiger partial charge is 0.452 e. The van der Waals surface area contributed by atoms with E-state index in [0.717, 1.165) is 40.5 Å². The van der Waals surface area contributed by atoms with E-state index < -0.39 is 12.2 Å². The lowest BCUT2D eigenvalue weighted by Gasteiger charge is -2.39. The van der Waals surface area contributed by atoms with Gasteiger partial charge in [0, 0.05) is 19.6 Å². The molecule has 2 amide bonds. The van der Waals surface area contributed by atoms with Crippen molar-refractivity contribution in [2.24, 2.45) is 5.92 Å². The molecule has 9 nitrogen and oxygen atoms in total. The zero-order valence-electron chi connectivity index (χ0n) is 26.5. The first-order chi connectivity index (χ1) is 22.0. The SMILES string of the molecule is CCC(CC)CN(C[C@H](Cc1ccccc1)N(C(=O)OC)c1cncs1)C[C@H](Cc1ccccc1)N(C(=O)OC)c1cncs1. The van der Waals surface area contributed by atoms with Crippen LogP contribution in [0, 0.1) is 5.92 Å². The molecule has 0 saturated carbocycles. The minimum Gasteiger partial charge on any atom is -0.452 e. The number of hydrogen-bond donors (Lipinski definition) is 0. The molecule has 0 spiro atoms. The number of hydrogen-bond acceptors (Lipinski definition) is 9. The highest BCUT2D eigenvalue weighted by molar-refractivity contribution is 7.14. The molecule has 0 aliphatic heterocycles. The van der Waals surface area contributed by atoms with E-state index in [4.69, 9.17) is 9.47 Å². The van der Waals surface area contributed by atoms with Crippen LogP contribution < -0.4 is 9.80 Å². The number of carbonyl (C=O) groups excluding carboxylic acids is 2. The average Bonchev–Trinajstić information content (AvgIpc) is 3.80. The Bertz CT molecular complexity index is 1300. The molecule has 0 bridgehead atoms. The molecule has 45 heavy (non-hydrogen) atoms. The smallest absolute Gasteiger partial charge is 0.415 e. The van der Waals surface area contributed by atoms with Crippen LogP contribution >= 0.6 is 22.7 Å². The van der Waals surface area contributed by atoms with Gasteiger partial charge in [0.2, 0.25) is 0 Å². The summed E-state index contributed by atoms with van der Waals surface area (Å²) in [6, 6.07) is 19.9. The summed E-state index contributed by atoms with van der Waals surface area (Å²) < 4.78 is 10.7. The summed E-state index contributed by atoms with van der Waals surface area (Å²) in [5.41, 5.74) is 5.69. The molecular weight excluding hydrogens is 607 g/mol. The molecule has 2 aromatic heterocycles. The molecule has 2 atom stereocenters. The van der Waals surface area contributed by atoms with E-state index in [1.54, 1.807) is 33.2 Å². The van der Waals surface area contributed by atoms with Gasteiger partial charge in [-0.15, -0.1) is 22.7 Å². The van der Waals surface area contributed by atoms with E-state index >= 15 is 0 Å². The van der Waals surface area contributed by atoms with Gasteiger partial charge in [-0.3, -0.25) is 24.7 Å². The Morgan fingerprint density at radius 1 is 0.689 bits per heavy atom. The molecule has 11 heteroatoms. The van der Waals surface area contributed by atoms with Crippen LogP contribution in [0.3, 0.4) is 0 Å². The molecular formula is C34H43N5O4S2. The lowest BCUT2D eigenvalue weighted by Crippen LogP contribution is -2.54. The number of methoxy groups -OCH3 is 2. The molecule has 2 aromatic carbocycles. The second-order valence-corrected chi connectivity index (χ2v) is 12.7. The second-order valence-electron chi connectivity index (χ2n) is 10.9. The van der Waals surface area contributed by atoms with Crippen molar-refractivity contribution in [2.75, 3.05) is 43.7 Å². The third-order valence-electron chi connectivity index (χ3n) is 8.02. The average molecular weight is 650 g/mol. The van der Waals surface area contributed by atoms with E-state index in [2.05, 4.69) is 53.0 Å². The standard InChI is InChI=1S/C34H43N5O4S2/c1-5-26(6-2)21-37(22-29(17-27-13-9-7-10-14-27)38(33(40)42-3)31-19-35-24-44-31)23-30(18-28-15-11-8-12-16-28)39(34(41)43-4)32-20-36-25-45-32/h7-16,19-20,24-26,29-30H,5-6,17-18,21-23H2,1-4H3/t29-,30-/m0/s1. The van der Waals surface area contributed by atoms with Crippen LogP contribution in [0.2, 0.25) is 0 Å². The van der Waals surface area contributed by atoms with Crippen molar-refractivity contribution >= 4 is 44.9 Å². The summed E-state index contributed by atoms with van der Waals surface area (Å²) in [5, 5.41) is 1.46. The lowest BCUT2D eigenvalue weighted by atomic mass is 9.98. The molecule has 0 aliphatic carbocycles. The van der Waals surface area contributed by atoms with E-state index in [1.807, 2.05) is 36.4 Å². The fraction of sp³-hybridized carbons (Fsp3) is 0.412. The molecule has 0 radical (unpaired) electrons. The highest BCUT2D eigenvalue weighted by atomic mass is 32.1. The normalized spacial score (nSPS) is 12.6. The summed E-state index contributed by atoms with van der Waals surface area (Å²) in [6.07, 6.45) is 5.85. The number of benzene rings is 2. The van der Waals surface area contributed by atoms with Crippen molar-refractivity contribution in [3.63, 3.8) is 0 Å². The minimum absolute atomic E-state index is 0.262. The molecule has 0 saturated heterocycles. The molecule has 0 unspecified atom stereocenters. The Labute approximate surface area is 274 Å². The van der Waals surface area contributed by atoms with E-state index in [0.29, 0.717) is 31.8 Å². The predicted molar refractivity (Wildman–Crippen MR) is 182 cm³/mol. The molecule has 0 N–H and O–H groups in total. The first kappa shape index (κ1) is 34.1. The molecule has 0 fully saturated rings. The van der Waals surface area contributed by atoms with Gasteiger partial charge in [-0.05, 0) is 29.9 Å². The Kier molecular flexibility index (Phi) is 13.3. The van der Waals surface area contributed by atoms with Gasteiger partial charge in [0.05, 0.1) is 49.7 Å². The highest BCUT2D eigenvalue weighted by Crippen LogP contribution is 2.28. The van der Waals surface area contributed by atoms with Crippen molar-refractivity contribution in [1.29, 1.82) is 0 Å². The topological polar surface area (TPSA) is 88.1 Å². The van der Waals surface area contributed by atoms with Crippen molar-refractivity contribution in [3.05, 3.63) is 95.2 Å². The maximum absolute atomic E-state index is 13.4. The monoisotopic (exact) mass is 649 g/mol. The van der Waals surface area contributed by atoms with Crippen molar-refractivity contribution in [2.45, 2.75) is 51.6 Å². The summed E-state index contributed by atoms with van der Waals surface area (Å²) in [7, 11) is 2.83. The van der Waals surface area contributed by atoms with Gasteiger partial charge in [-0.1, -0.05) is 87.4 Å². The van der Waals surface area contributed by atoms with Gasteiger partial charge in [-0.2, -0.15) is 0 Å². The second kappa shape index (κ2) is 17.6. The van der Waals surface area contributed by atoms with E-state index in [1.165, 1.54) is 36.9 Å². The van der Waals surface area contributed by atoms with Crippen LogP contribution in [-0.2, 0) is 22.3 Å². The van der Waals surface area contributed by atoms with Crippen LogP contribution in [-0.4, -0.2) is 73.0 Å². The molecule has 4 aromatic rings. The highest BCUT2D eigenvalue weighted by Gasteiger charge is 2.34. The van der Waals surface area contributed by atoms with E-state index in [-0.39, 0.29) is 12.1 Å². The van der Waals surface area contributed by atoms with Gasteiger partial charge < -0.3 is 9.47 Å². The number of aromatic nitrogens is 2. The zero-order chi connectivity index (χ0) is 32.0. The molecule has 2 heterocycles. The minimum atomic E-state index is -0.427. The Morgan fingerprint density at radius 2 is 1.11 bits per heavy atom. The van der Waals surface area contributed by atoms with Crippen LogP contribution in [0.5, 0.6) is 0 Å². The quantitative estimate of drug-likeness (QED) is 0.125. The number of amides is 2. The van der Waals surface area contributed by atoms with Crippen LogP contribution in [0.1, 0.15) is 37.8 Å². The Balaban J connectivity index is 1.76. The van der Waals surface area contributed by atoms with Gasteiger partial charge in [0.25, 0.3) is 0 Å². The zero-order valence-corrected chi connectivity index (χ0v) is 28.1. The maximum Gasteiger partial charge on any atom is 0.415 e. The molecule has 240 valence electrons. The van der Waals surface area contributed by atoms with Crippen LogP contribution in [0.25, 0.3) is 0 Å². The van der Waals surface area contributed by atoms with Gasteiger partial charge in [-0.25, -0.2) is 9.59 Å². The Morgan fingerprint density at radius 3 is 1.44 bits per heavy atom. The lowest BCUT2D eigenvalue weighted by molar-refractivity contribution is 0.159. The van der Waals surface area contributed by atoms with Crippen LogP contribution in [0.4, 0.5) is 19.6 Å². The summed E-state index contributed by atoms with van der Waals surface area (Å²) in [5.74, 6) is 0.435. The first-order valence-corrected chi connectivity index (χ1v) is 17.0. The number of anilines is 2. The van der Waals surface area contributed by atoms with Crippen molar-refractivity contribution in [1.82, 2.24) is 14.9 Å². The van der Waals surface area contributed by atoms with E-state index in [9.17, 15) is 9.59 Å². The molecule has 4 rings (SSSR count). The number of nitrogens with zero attached hydrogens (tertiary/aromatic N) is 5. The summed E-state index contributed by atoms with van der Waals surface area (Å²) in [6.45, 7) is 6.35. The number of ether oxygens (including phenoxy) is 2. The number of rotatable bonds is 16. The van der Waals surface area contributed by atoms with Gasteiger partial charge >= 0.3 is 12.2 Å². The van der Waals surface area contributed by atoms with Gasteiger partial charge in [0.1, 0.15) is 10.0 Å². The fourth-order valence-electron chi connectivity index (χ4n) is 5.67. The fourth-order valence-corrected chi connectivity index (χ4v) is 7.05. The Hall–Kier alpha value is -3.80. The first-order valence-electron chi connectivity index (χ1n) is 15.3. The third-order valence-corrected chi connectivity index (χ3v) is 9.57. The van der Waals surface area contributed by atoms with Crippen LogP contribution in [0.15, 0.2) is 84.1 Å². The number of carbonyl (C=O) groups is 2. The number of thiazole rings is 2. The molecule has 0 aliphatic rings. The third kappa shape index (κ3) is 9.59. The van der Waals surface area contributed by atoms with Crippen molar-refractivity contribution in [3.8, 4) is 0 Å².